The first kappa shape index (κ1) is 11.6. The van der Waals surface area contributed by atoms with Gasteiger partial charge in [0.1, 0.15) is 0 Å². The van der Waals surface area contributed by atoms with Crippen molar-refractivity contribution in [2.24, 2.45) is 0 Å². The van der Waals surface area contributed by atoms with Crippen LogP contribution >= 0.6 is 0 Å². The van der Waals surface area contributed by atoms with Crippen LogP contribution in [0.5, 0.6) is 0 Å². The molecule has 0 bridgehead atoms. The first-order chi connectivity index (χ1) is 4.37. The lowest BCUT2D eigenvalue weighted by Crippen LogP contribution is -2.09. The third-order valence-corrected chi connectivity index (χ3v) is 0.183. The molecule has 0 aliphatic carbocycles. The monoisotopic (exact) mass is 158 g/mol. The largest absolute Gasteiger partial charge is 0.762 e. The first-order valence-electron chi connectivity index (χ1n) is 1.76. The summed E-state index contributed by atoms with van der Waals surface area (Å²) in [6.07, 6.45) is 0. The highest BCUT2D eigenvalue weighted by Gasteiger charge is 2.06. The quantitative estimate of drug-likeness (QED) is 0.385. The number of carboxylic acids is 2. The van der Waals surface area contributed by atoms with Gasteiger partial charge in [0.25, 0.3) is 0 Å². The standard InChI is InChI=1S/C2H2O4.BF3/c3-1(4)2(5)6;2-1(3)4/h(H,3,4)(H,5,6);. The fourth-order valence-corrected chi connectivity index (χ4v) is 0. The summed E-state index contributed by atoms with van der Waals surface area (Å²) in [7, 11) is -3.67. The zero-order chi connectivity index (χ0) is 8.73. The van der Waals surface area contributed by atoms with Crippen LogP contribution in [0.1, 0.15) is 0 Å². The number of rotatable bonds is 0. The molecule has 0 amide bonds. The maximum Gasteiger partial charge on any atom is 0.762 e. The van der Waals surface area contributed by atoms with Gasteiger partial charge in [-0.05, 0) is 0 Å². The molecule has 0 saturated heterocycles. The van der Waals surface area contributed by atoms with Crippen LogP contribution in [-0.4, -0.2) is 29.7 Å². The number of aliphatic carboxylic acids is 2. The summed E-state index contributed by atoms with van der Waals surface area (Å²) < 4.78 is 29.0. The average molecular weight is 158 g/mol. The van der Waals surface area contributed by atoms with Gasteiger partial charge in [-0.3, -0.25) is 12.9 Å². The minimum Gasteiger partial charge on any atom is -0.473 e. The number of carbonyl (C=O) groups is 2. The van der Waals surface area contributed by atoms with Crippen molar-refractivity contribution in [2.75, 3.05) is 0 Å². The van der Waals surface area contributed by atoms with E-state index in [2.05, 4.69) is 0 Å². The van der Waals surface area contributed by atoms with Gasteiger partial charge in [-0.1, -0.05) is 0 Å². The molecule has 0 radical (unpaired) electrons. The van der Waals surface area contributed by atoms with Crippen LogP contribution in [-0.2, 0) is 9.59 Å². The highest BCUT2D eigenvalue weighted by Crippen LogP contribution is 1.80. The van der Waals surface area contributed by atoms with Crippen LogP contribution in [0, 0.1) is 0 Å². The van der Waals surface area contributed by atoms with Gasteiger partial charge >= 0.3 is 19.5 Å². The molecule has 0 heterocycles. The fraction of sp³-hybridized carbons (Fsp3) is 0. The second kappa shape index (κ2) is 5.92. The van der Waals surface area contributed by atoms with Crippen molar-refractivity contribution in [1.82, 2.24) is 0 Å². The molecule has 0 spiro atoms. The molecule has 0 aromatic rings. The number of hydrogen-bond donors (Lipinski definition) is 2. The van der Waals surface area contributed by atoms with Crippen LogP contribution in [0.4, 0.5) is 12.9 Å². The summed E-state index contributed by atoms with van der Waals surface area (Å²) in [4.78, 5) is 18.2. The molecule has 10 heavy (non-hydrogen) atoms. The molecule has 2 N–H and O–H groups in total. The van der Waals surface area contributed by atoms with E-state index in [1.807, 2.05) is 0 Å². The van der Waals surface area contributed by atoms with E-state index in [1.165, 1.54) is 0 Å². The molecular weight excluding hydrogens is 156 g/mol. The predicted molar refractivity (Wildman–Crippen MR) is 24.3 cm³/mol. The molecule has 0 rings (SSSR count). The van der Waals surface area contributed by atoms with E-state index in [9.17, 15) is 12.9 Å². The van der Waals surface area contributed by atoms with Gasteiger partial charge in [0.2, 0.25) is 0 Å². The smallest absolute Gasteiger partial charge is 0.473 e. The van der Waals surface area contributed by atoms with E-state index < -0.39 is 19.5 Å². The molecular formula is C2H2BF3O4. The number of halogens is 3. The Labute approximate surface area is 53.5 Å². The van der Waals surface area contributed by atoms with Crippen molar-refractivity contribution >= 4 is 19.5 Å². The summed E-state index contributed by atoms with van der Waals surface area (Å²) in [5.74, 6) is -3.65. The van der Waals surface area contributed by atoms with E-state index in [0.29, 0.717) is 0 Å². The average Bonchev–Trinajstić information content (AvgIpc) is 1.63. The van der Waals surface area contributed by atoms with Crippen LogP contribution in [0.2, 0.25) is 0 Å². The van der Waals surface area contributed by atoms with Crippen molar-refractivity contribution in [2.45, 2.75) is 0 Å². The molecule has 58 valence electrons. The minimum absolute atomic E-state index is 1.82. The van der Waals surface area contributed by atoms with E-state index in [0.717, 1.165) is 0 Å². The molecule has 0 aliphatic heterocycles. The molecule has 0 aliphatic rings. The summed E-state index contributed by atoms with van der Waals surface area (Å²) in [5.41, 5.74) is 0. The van der Waals surface area contributed by atoms with Crippen molar-refractivity contribution < 1.29 is 32.7 Å². The summed E-state index contributed by atoms with van der Waals surface area (Å²) in [5, 5.41) is 14.8. The third kappa shape index (κ3) is 29.2. The topological polar surface area (TPSA) is 74.6 Å². The highest BCUT2D eigenvalue weighted by molar-refractivity contribution is 6.33. The van der Waals surface area contributed by atoms with Crippen LogP contribution in [0.15, 0.2) is 0 Å². The molecule has 0 aromatic carbocycles. The highest BCUT2D eigenvalue weighted by atomic mass is 19.4. The van der Waals surface area contributed by atoms with Gasteiger partial charge in [0.15, 0.2) is 0 Å². The van der Waals surface area contributed by atoms with Crippen molar-refractivity contribution in [1.29, 1.82) is 0 Å². The van der Waals surface area contributed by atoms with Gasteiger partial charge in [0.05, 0.1) is 0 Å². The normalized spacial score (nSPS) is 7.10. The van der Waals surface area contributed by atoms with E-state index in [4.69, 9.17) is 19.8 Å². The molecule has 0 fully saturated rings. The molecule has 0 aromatic heterocycles. The fourth-order valence-electron chi connectivity index (χ4n) is 0. The van der Waals surface area contributed by atoms with Crippen LogP contribution in [0.3, 0.4) is 0 Å². The zero-order valence-electron chi connectivity index (χ0n) is 4.42. The Hall–Kier alpha value is -1.21. The molecule has 8 heteroatoms. The summed E-state index contributed by atoms with van der Waals surface area (Å²) >= 11 is 0. The number of carboxylic acid groups (broad SMARTS) is 2. The van der Waals surface area contributed by atoms with Gasteiger partial charge in [-0.2, -0.15) is 0 Å². The number of hydrogen-bond acceptors (Lipinski definition) is 2. The molecule has 0 saturated carbocycles. The lowest BCUT2D eigenvalue weighted by molar-refractivity contribution is -0.159. The maximum absolute atomic E-state index is 9.67. The van der Waals surface area contributed by atoms with Crippen molar-refractivity contribution in [3.05, 3.63) is 0 Å². The zero-order valence-corrected chi connectivity index (χ0v) is 4.42. The van der Waals surface area contributed by atoms with Gasteiger partial charge in [0, 0.05) is 0 Å². The Bertz CT molecular complexity index is 111. The second-order valence-corrected chi connectivity index (χ2v) is 0.858. The Morgan fingerprint density at radius 3 is 1.10 bits per heavy atom. The Balaban J connectivity index is 0. The van der Waals surface area contributed by atoms with E-state index >= 15 is 0 Å². The Morgan fingerprint density at radius 2 is 1.10 bits per heavy atom. The van der Waals surface area contributed by atoms with Gasteiger partial charge in [-0.15, -0.1) is 0 Å². The SMILES string of the molecule is FB(F)F.O=C(O)C(=O)O. The van der Waals surface area contributed by atoms with Gasteiger partial charge < -0.3 is 10.2 Å². The predicted octanol–water partition coefficient (Wildman–Crippen LogP) is 0.0354. The minimum atomic E-state index is -3.67. The Morgan fingerprint density at radius 1 is 1.00 bits per heavy atom. The van der Waals surface area contributed by atoms with E-state index in [-0.39, 0.29) is 0 Å². The van der Waals surface area contributed by atoms with Crippen LogP contribution < -0.4 is 0 Å². The Kier molecular flexibility index (Phi) is 6.86. The lowest BCUT2D eigenvalue weighted by atomic mass is 10.5. The van der Waals surface area contributed by atoms with Crippen molar-refractivity contribution in [3.8, 4) is 0 Å². The first-order valence-corrected chi connectivity index (χ1v) is 1.76. The van der Waals surface area contributed by atoms with Crippen molar-refractivity contribution in [3.63, 3.8) is 0 Å². The summed E-state index contributed by atoms with van der Waals surface area (Å²) in [6, 6.07) is 0. The van der Waals surface area contributed by atoms with E-state index in [1.54, 1.807) is 0 Å². The summed E-state index contributed by atoms with van der Waals surface area (Å²) in [6.45, 7) is 0. The maximum atomic E-state index is 9.67. The second-order valence-electron chi connectivity index (χ2n) is 0.858. The van der Waals surface area contributed by atoms with Crippen LogP contribution in [0.25, 0.3) is 0 Å². The molecule has 4 nitrogen and oxygen atoms in total. The molecule has 0 unspecified atom stereocenters. The van der Waals surface area contributed by atoms with Gasteiger partial charge in [-0.25, -0.2) is 9.59 Å². The third-order valence-electron chi connectivity index (χ3n) is 0.183. The molecule has 0 atom stereocenters. The lowest BCUT2D eigenvalue weighted by Gasteiger charge is -1.72.